The van der Waals surface area contributed by atoms with Crippen molar-refractivity contribution >= 4 is 23.4 Å². The number of halogens is 4. The van der Waals surface area contributed by atoms with Gasteiger partial charge < -0.3 is 4.57 Å². The van der Waals surface area contributed by atoms with Gasteiger partial charge in [-0.1, -0.05) is 0 Å². The second-order valence-electron chi connectivity index (χ2n) is 2.46. The van der Waals surface area contributed by atoms with Crippen molar-refractivity contribution in [3.63, 3.8) is 0 Å². The van der Waals surface area contributed by atoms with Gasteiger partial charge in [0.1, 0.15) is 5.82 Å². The molecule has 0 amide bonds. The van der Waals surface area contributed by atoms with Gasteiger partial charge in [0.05, 0.1) is 5.88 Å². The lowest BCUT2D eigenvalue weighted by Crippen LogP contribution is -2.08. The van der Waals surface area contributed by atoms with Crippen molar-refractivity contribution in [1.82, 2.24) is 9.55 Å². The zero-order valence-electron chi connectivity index (χ0n) is 7.09. The van der Waals surface area contributed by atoms with E-state index in [2.05, 4.69) is 4.98 Å². The van der Waals surface area contributed by atoms with E-state index in [1.165, 1.54) is 6.20 Å². The number of rotatable bonds is 4. The molecule has 0 saturated carbocycles. The highest BCUT2D eigenvalue weighted by molar-refractivity contribution is 8.00. The molecule has 1 aromatic rings. The molecule has 0 unspecified atom stereocenters. The van der Waals surface area contributed by atoms with Crippen LogP contribution in [0.2, 0.25) is 0 Å². The van der Waals surface area contributed by atoms with Gasteiger partial charge in [0.2, 0.25) is 0 Å². The molecule has 80 valence electrons. The fraction of sp³-hybridized carbons (Fsp3) is 0.571. The summed E-state index contributed by atoms with van der Waals surface area (Å²) in [6.45, 7) is 0.270. The Morgan fingerprint density at radius 1 is 1.50 bits per heavy atom. The maximum atomic E-state index is 11.8. The lowest BCUT2D eigenvalue weighted by molar-refractivity contribution is -0.0328. The Labute approximate surface area is 88.5 Å². The molecule has 0 aliphatic heterocycles. The quantitative estimate of drug-likeness (QED) is 0.758. The molecular weight excluding hydrogens is 237 g/mol. The van der Waals surface area contributed by atoms with Gasteiger partial charge in [-0.05, 0) is 11.8 Å². The van der Waals surface area contributed by atoms with Gasteiger partial charge in [-0.3, -0.25) is 0 Å². The first kappa shape index (κ1) is 11.7. The first-order chi connectivity index (χ1) is 6.53. The molecule has 0 aliphatic rings. The fourth-order valence-corrected chi connectivity index (χ4v) is 1.68. The number of imidazole rings is 1. The standard InChI is InChI=1S/C7H8ClF3N2S/c8-5-6-12-1-2-13(6)3-4-14-7(9,10)11/h1-2H,3-5H2. The van der Waals surface area contributed by atoms with Crippen LogP contribution in [0.15, 0.2) is 12.4 Å². The van der Waals surface area contributed by atoms with Crippen molar-refractivity contribution in [1.29, 1.82) is 0 Å². The lowest BCUT2D eigenvalue weighted by atomic mass is 10.6. The number of nitrogens with zero attached hydrogens (tertiary/aromatic N) is 2. The van der Waals surface area contributed by atoms with Crippen LogP contribution in [0, 0.1) is 0 Å². The van der Waals surface area contributed by atoms with Gasteiger partial charge in [-0.15, -0.1) is 11.6 Å². The second kappa shape index (κ2) is 4.93. The second-order valence-corrected chi connectivity index (χ2v) is 3.89. The molecule has 2 nitrogen and oxygen atoms in total. The van der Waals surface area contributed by atoms with Crippen LogP contribution in [0.4, 0.5) is 13.2 Å². The van der Waals surface area contributed by atoms with Crippen molar-refractivity contribution in [3.05, 3.63) is 18.2 Å². The molecule has 0 fully saturated rings. The van der Waals surface area contributed by atoms with Crippen LogP contribution >= 0.6 is 23.4 Å². The summed E-state index contributed by atoms with van der Waals surface area (Å²) >= 11 is 5.49. The number of aryl methyl sites for hydroxylation is 1. The summed E-state index contributed by atoms with van der Waals surface area (Å²) in [5, 5.41) is 0. The lowest BCUT2D eigenvalue weighted by Gasteiger charge is -2.07. The summed E-state index contributed by atoms with van der Waals surface area (Å²) in [4.78, 5) is 3.89. The number of hydrogen-bond donors (Lipinski definition) is 0. The molecule has 1 aromatic heterocycles. The molecule has 0 aromatic carbocycles. The van der Waals surface area contributed by atoms with Crippen LogP contribution in [0.25, 0.3) is 0 Å². The topological polar surface area (TPSA) is 17.8 Å². The fourth-order valence-electron chi connectivity index (χ4n) is 0.935. The van der Waals surface area contributed by atoms with E-state index in [0.717, 1.165) is 0 Å². The van der Waals surface area contributed by atoms with Crippen molar-refractivity contribution in [2.45, 2.75) is 17.9 Å². The van der Waals surface area contributed by atoms with E-state index in [0.29, 0.717) is 5.82 Å². The first-order valence-corrected chi connectivity index (χ1v) is 5.31. The highest BCUT2D eigenvalue weighted by Gasteiger charge is 2.27. The van der Waals surface area contributed by atoms with E-state index in [9.17, 15) is 13.2 Å². The highest BCUT2D eigenvalue weighted by Crippen LogP contribution is 2.30. The van der Waals surface area contributed by atoms with Gasteiger partial charge in [0.15, 0.2) is 0 Å². The van der Waals surface area contributed by atoms with E-state index in [1.54, 1.807) is 10.8 Å². The smallest absolute Gasteiger partial charge is 0.333 e. The molecular formula is C7H8ClF3N2S. The first-order valence-electron chi connectivity index (χ1n) is 3.79. The van der Waals surface area contributed by atoms with Crippen molar-refractivity contribution in [2.24, 2.45) is 0 Å². The Balaban J connectivity index is 2.38. The largest absolute Gasteiger partial charge is 0.441 e. The van der Waals surface area contributed by atoms with Gasteiger partial charge in [0, 0.05) is 24.7 Å². The maximum absolute atomic E-state index is 11.8. The average Bonchev–Trinajstić information content (AvgIpc) is 2.49. The predicted molar refractivity (Wildman–Crippen MR) is 50.3 cm³/mol. The Hall–Kier alpha value is -0.360. The number of hydrogen-bond acceptors (Lipinski definition) is 2. The Kier molecular flexibility index (Phi) is 4.12. The molecule has 0 N–H and O–H groups in total. The van der Waals surface area contributed by atoms with E-state index >= 15 is 0 Å². The van der Waals surface area contributed by atoms with Crippen molar-refractivity contribution in [3.8, 4) is 0 Å². The minimum Gasteiger partial charge on any atom is -0.333 e. The number of alkyl halides is 4. The zero-order valence-corrected chi connectivity index (χ0v) is 8.66. The van der Waals surface area contributed by atoms with Crippen LogP contribution in [-0.2, 0) is 12.4 Å². The molecule has 0 aliphatic carbocycles. The minimum absolute atomic E-state index is 0.0241. The molecule has 0 saturated heterocycles. The molecule has 0 spiro atoms. The summed E-state index contributed by atoms with van der Waals surface area (Å²) in [5.41, 5.74) is -4.16. The molecule has 0 atom stereocenters. The normalized spacial score (nSPS) is 12.0. The van der Waals surface area contributed by atoms with Crippen LogP contribution in [-0.4, -0.2) is 20.8 Å². The zero-order chi connectivity index (χ0) is 10.6. The van der Waals surface area contributed by atoms with Crippen LogP contribution < -0.4 is 0 Å². The molecule has 0 bridgehead atoms. The van der Waals surface area contributed by atoms with E-state index in [-0.39, 0.29) is 29.9 Å². The van der Waals surface area contributed by atoms with Crippen LogP contribution in [0.3, 0.4) is 0 Å². The Bertz CT molecular complexity index is 287. The third kappa shape index (κ3) is 3.79. The minimum atomic E-state index is -4.16. The van der Waals surface area contributed by atoms with Gasteiger partial charge >= 0.3 is 5.51 Å². The summed E-state index contributed by atoms with van der Waals surface area (Å²) in [7, 11) is 0. The maximum Gasteiger partial charge on any atom is 0.441 e. The van der Waals surface area contributed by atoms with Gasteiger partial charge in [-0.2, -0.15) is 13.2 Å². The van der Waals surface area contributed by atoms with Crippen molar-refractivity contribution in [2.75, 3.05) is 5.75 Å². The van der Waals surface area contributed by atoms with E-state index < -0.39 is 5.51 Å². The third-order valence-electron chi connectivity index (χ3n) is 1.52. The van der Waals surface area contributed by atoms with Crippen molar-refractivity contribution < 1.29 is 13.2 Å². The molecule has 0 radical (unpaired) electrons. The van der Waals surface area contributed by atoms with Crippen LogP contribution in [0.5, 0.6) is 0 Å². The summed E-state index contributed by atoms with van der Waals surface area (Å²) in [5.74, 6) is 0.780. The molecule has 1 heterocycles. The molecule has 1 rings (SSSR count). The van der Waals surface area contributed by atoms with E-state index in [4.69, 9.17) is 11.6 Å². The number of aromatic nitrogens is 2. The monoisotopic (exact) mass is 244 g/mol. The average molecular weight is 245 g/mol. The summed E-state index contributed by atoms with van der Waals surface area (Å²) in [6, 6.07) is 0. The predicted octanol–water partition coefficient (Wildman–Crippen LogP) is 2.87. The summed E-state index contributed by atoms with van der Waals surface area (Å²) in [6.07, 6.45) is 3.14. The van der Waals surface area contributed by atoms with Crippen LogP contribution in [0.1, 0.15) is 5.82 Å². The number of thioether (sulfide) groups is 1. The molecule has 14 heavy (non-hydrogen) atoms. The third-order valence-corrected chi connectivity index (χ3v) is 2.47. The van der Waals surface area contributed by atoms with Gasteiger partial charge in [-0.25, -0.2) is 4.98 Å². The Morgan fingerprint density at radius 2 is 2.21 bits per heavy atom. The van der Waals surface area contributed by atoms with Gasteiger partial charge in [0.25, 0.3) is 0 Å². The van der Waals surface area contributed by atoms with E-state index in [1.807, 2.05) is 0 Å². The highest BCUT2D eigenvalue weighted by atomic mass is 35.5. The SMILES string of the molecule is FC(F)(F)SCCn1ccnc1CCl. The summed E-state index contributed by atoms with van der Waals surface area (Å²) < 4.78 is 37.0. The Morgan fingerprint density at radius 3 is 2.79 bits per heavy atom. The molecule has 7 heteroatoms.